The third-order valence-corrected chi connectivity index (χ3v) is 11.0. The first-order valence-electron chi connectivity index (χ1n) is 29.1. The van der Waals surface area contributed by atoms with E-state index in [1.165, 1.54) is 45.5 Å². The summed E-state index contributed by atoms with van der Waals surface area (Å²) in [7, 11) is 0. The Labute approximate surface area is 366 Å². The van der Waals surface area contributed by atoms with Gasteiger partial charge in [-0.2, -0.15) is 0 Å². The number of nitrogens with zero attached hydrogens (tertiary/aromatic N) is 2. The summed E-state index contributed by atoms with van der Waals surface area (Å²) in [5.41, 5.74) is -1.68. The molecule has 0 aliphatic carbocycles. The third-order valence-electron chi connectivity index (χ3n) is 9.92. The number of benzene rings is 9. The minimum absolute atomic E-state index is 0.00836. The number of thiophene rings is 1. The Morgan fingerprint density at radius 1 is 0.368 bits per heavy atom. The number of hydrogen-bond donors (Lipinski definition) is 0. The largest absolute Gasteiger partial charge is 0.309 e. The molecule has 0 spiro atoms. The smallest absolute Gasteiger partial charge is 0.0652 e. The predicted molar refractivity (Wildman–Crippen MR) is 244 cm³/mol. The second-order valence-corrected chi connectivity index (χ2v) is 14.2. The Kier molecular flexibility index (Phi) is 3.75. The summed E-state index contributed by atoms with van der Waals surface area (Å²) in [4.78, 5) is 0. The monoisotopic (exact) mass is 765 g/mol. The maximum Gasteiger partial charge on any atom is 0.0652 e. The van der Waals surface area contributed by atoms with Crippen LogP contribution in [0.2, 0.25) is 0 Å². The normalized spacial score (nSPS) is 17.5. The van der Waals surface area contributed by atoms with Crippen LogP contribution in [-0.4, -0.2) is 9.13 Å². The highest BCUT2D eigenvalue weighted by atomic mass is 32.1. The zero-order valence-electron chi connectivity index (χ0n) is 52.2. The van der Waals surface area contributed by atoms with Crippen molar-refractivity contribution in [3.8, 4) is 44.8 Å². The van der Waals surface area contributed by atoms with E-state index in [0.29, 0.717) is 5.69 Å². The van der Waals surface area contributed by atoms with Crippen molar-refractivity contribution in [2.24, 2.45) is 0 Å². The fourth-order valence-corrected chi connectivity index (χ4v) is 8.45. The summed E-state index contributed by atoms with van der Waals surface area (Å²) in [6, 6.07) is 3.80. The van der Waals surface area contributed by atoms with Crippen molar-refractivity contribution < 1.29 is 31.5 Å². The highest BCUT2D eigenvalue weighted by molar-refractivity contribution is 7.26. The molecule has 0 saturated carbocycles. The van der Waals surface area contributed by atoms with E-state index in [0.717, 1.165) is 11.3 Å². The molecule has 0 aliphatic rings. The van der Waals surface area contributed by atoms with Gasteiger partial charge in [0.1, 0.15) is 0 Å². The molecular formula is C54H34N2S. The van der Waals surface area contributed by atoms with Crippen molar-refractivity contribution in [3.63, 3.8) is 0 Å². The Morgan fingerprint density at radius 2 is 1.05 bits per heavy atom. The second kappa shape index (κ2) is 12.7. The van der Waals surface area contributed by atoms with Gasteiger partial charge in [0, 0.05) is 53.1 Å². The molecule has 266 valence electrons. The maximum atomic E-state index is 9.96. The van der Waals surface area contributed by atoms with Gasteiger partial charge in [0.15, 0.2) is 0 Å². The topological polar surface area (TPSA) is 9.86 Å². The van der Waals surface area contributed by atoms with Crippen LogP contribution in [0.4, 0.5) is 0 Å². The highest BCUT2D eigenvalue weighted by Crippen LogP contribution is 2.43. The number of para-hydroxylation sites is 3. The van der Waals surface area contributed by atoms with E-state index >= 15 is 0 Å². The first-order chi connectivity index (χ1) is 37.8. The van der Waals surface area contributed by atoms with E-state index in [1.54, 1.807) is 30.3 Å². The molecule has 0 saturated heterocycles. The average Bonchev–Trinajstić information content (AvgIpc) is 4.08. The van der Waals surface area contributed by atoms with Gasteiger partial charge in [0.05, 0.1) is 53.6 Å². The SMILES string of the molecule is [2H]c1cc([2H])cc(-c2c([2H])cc(-c3c([2H])c([2H])c([2H])c4sc5cc(-n6c7cc([2H])c(-c8c([2H])c([2H])c9c%10c([2H])c([2H])c([2H])c([2H])c%10n(-c%10ccccc%10)c9c8[2H])c([2H])c7c7c([2H])c([2H])c([2H])c([2H])c76)c([2H])c([2H])c5c34)c([2H])c2[2H])c1. The summed E-state index contributed by atoms with van der Waals surface area (Å²) in [6.07, 6.45) is 0. The lowest BCUT2D eigenvalue weighted by Crippen LogP contribution is -1.94. The summed E-state index contributed by atoms with van der Waals surface area (Å²) in [5.74, 6) is 0. The van der Waals surface area contributed by atoms with Gasteiger partial charge in [-0.3, -0.25) is 0 Å². The predicted octanol–water partition coefficient (Wildman–Crippen LogP) is 15.2. The second-order valence-electron chi connectivity index (χ2n) is 13.1. The highest BCUT2D eigenvalue weighted by Gasteiger charge is 2.18. The van der Waals surface area contributed by atoms with Gasteiger partial charge >= 0.3 is 0 Å². The van der Waals surface area contributed by atoms with Crippen LogP contribution in [-0.2, 0) is 0 Å². The van der Waals surface area contributed by atoms with Crippen LogP contribution in [0, 0.1) is 0 Å². The van der Waals surface area contributed by atoms with Gasteiger partial charge in [-0.05, 0) is 93.9 Å². The summed E-state index contributed by atoms with van der Waals surface area (Å²) in [6.45, 7) is 0. The fraction of sp³-hybridized carbons (Fsp3) is 0. The summed E-state index contributed by atoms with van der Waals surface area (Å²) in [5, 5.41) is -0.853. The molecule has 12 rings (SSSR count). The lowest BCUT2D eigenvalue weighted by atomic mass is 9.97. The minimum Gasteiger partial charge on any atom is -0.309 e. The quantitative estimate of drug-likeness (QED) is 0.165. The van der Waals surface area contributed by atoms with E-state index in [9.17, 15) is 15.1 Å². The Morgan fingerprint density at radius 3 is 1.89 bits per heavy atom. The summed E-state index contributed by atoms with van der Waals surface area (Å²) >= 11 is 0.876. The van der Waals surface area contributed by atoms with Crippen LogP contribution in [0.15, 0.2) is 206 Å². The van der Waals surface area contributed by atoms with Gasteiger partial charge in [0.2, 0.25) is 0 Å². The van der Waals surface area contributed by atoms with Crippen molar-refractivity contribution >= 4 is 75.1 Å². The molecule has 0 unspecified atom stereocenters. The Bertz CT molecular complexity index is 4850. The van der Waals surface area contributed by atoms with Crippen molar-refractivity contribution in [1.29, 1.82) is 0 Å². The van der Waals surface area contributed by atoms with Crippen LogP contribution < -0.4 is 0 Å². The first-order valence-corrected chi connectivity index (χ1v) is 18.4. The molecule has 0 amide bonds. The van der Waals surface area contributed by atoms with E-state index in [2.05, 4.69) is 0 Å². The van der Waals surface area contributed by atoms with Crippen LogP contribution in [0.25, 0.3) is 109 Å². The fourth-order valence-electron chi connectivity index (χ4n) is 7.39. The zero-order chi connectivity index (χ0) is 57.5. The molecule has 0 N–H and O–H groups in total. The number of aromatic nitrogens is 2. The first kappa shape index (κ1) is 16.9. The van der Waals surface area contributed by atoms with E-state index in [1.807, 2.05) is 0 Å². The van der Waals surface area contributed by atoms with Crippen LogP contribution in [0.1, 0.15) is 31.5 Å². The zero-order valence-corrected chi connectivity index (χ0v) is 30.0. The number of rotatable bonds is 5. The van der Waals surface area contributed by atoms with E-state index in [-0.39, 0.29) is 110 Å². The van der Waals surface area contributed by atoms with Gasteiger partial charge in [-0.25, -0.2) is 0 Å². The molecule has 57 heavy (non-hydrogen) atoms. The molecule has 0 atom stereocenters. The lowest BCUT2D eigenvalue weighted by molar-refractivity contribution is 1.18. The van der Waals surface area contributed by atoms with Gasteiger partial charge in [0.25, 0.3) is 0 Å². The molecule has 2 nitrogen and oxygen atoms in total. The van der Waals surface area contributed by atoms with Gasteiger partial charge in [-0.15, -0.1) is 11.3 Å². The molecule has 9 aromatic carbocycles. The molecule has 3 heteroatoms. The number of fused-ring (bicyclic) bond motifs is 9. The maximum absolute atomic E-state index is 9.96. The van der Waals surface area contributed by atoms with Gasteiger partial charge < -0.3 is 9.13 Å². The van der Waals surface area contributed by atoms with E-state index in [4.69, 9.17) is 16.4 Å². The Hall–Kier alpha value is -7.20. The molecule has 3 aromatic heterocycles. The minimum atomic E-state index is -0.721. The van der Waals surface area contributed by atoms with Crippen molar-refractivity contribution in [2.75, 3.05) is 0 Å². The molecule has 0 bridgehead atoms. The molecule has 0 fully saturated rings. The van der Waals surface area contributed by atoms with Crippen LogP contribution in [0.5, 0.6) is 0 Å². The van der Waals surface area contributed by atoms with Crippen molar-refractivity contribution in [3.05, 3.63) is 206 Å². The molecular weight excluding hydrogens is 709 g/mol. The molecule has 0 radical (unpaired) electrons. The van der Waals surface area contributed by atoms with Crippen LogP contribution >= 0.6 is 11.3 Å². The van der Waals surface area contributed by atoms with Crippen LogP contribution in [0.3, 0.4) is 0 Å². The lowest BCUT2D eigenvalue weighted by Gasteiger charge is -2.10. The third kappa shape index (κ3) is 5.03. The number of hydrogen-bond acceptors (Lipinski definition) is 1. The average molecular weight is 766 g/mol. The molecule has 0 aliphatic heterocycles. The standard InChI is InChI=1S/C54H34N2S/c1-3-12-35(13-4-1)36-22-24-37(25-23-36)42-18-11-21-52-54(42)46-30-28-41(34-53(46)57-52)56-49-20-10-8-17-44(49)47-32-38(27-31-50(47)56)39-26-29-45-43-16-7-9-19-48(43)55(51(45)33-39)40-14-5-2-6-15-40/h1-34H/i3D,4D,7D,8D,9D,10D,11D,16D,17D,18D,19D,20D,21D,22D,23D,24D,26D,27D,28D,29D,30D,32D,33D. The summed E-state index contributed by atoms with van der Waals surface area (Å²) < 4.78 is 212. The van der Waals surface area contributed by atoms with E-state index < -0.39 is 132 Å². The Balaban J connectivity index is 1.16. The molecule has 12 aromatic rings. The van der Waals surface area contributed by atoms with Gasteiger partial charge in [-0.1, -0.05) is 145 Å². The van der Waals surface area contributed by atoms with Crippen molar-refractivity contribution in [2.45, 2.75) is 0 Å². The van der Waals surface area contributed by atoms with Crippen molar-refractivity contribution in [1.82, 2.24) is 9.13 Å². The molecule has 3 heterocycles.